The van der Waals surface area contributed by atoms with Gasteiger partial charge in [-0.3, -0.25) is 15.0 Å². The van der Waals surface area contributed by atoms with E-state index >= 15 is 0 Å². The molecule has 7 heteroatoms. The number of nitrogens with zero attached hydrogens (tertiary/aromatic N) is 3. The highest BCUT2D eigenvalue weighted by atomic mass is 16.7. The Labute approximate surface area is 97.4 Å². The molecule has 0 bridgehead atoms. The maximum Gasteiger partial charge on any atom is 0.435 e. The van der Waals surface area contributed by atoms with E-state index < -0.39 is 11.0 Å². The van der Waals surface area contributed by atoms with Crippen molar-refractivity contribution < 1.29 is 14.6 Å². The smallest absolute Gasteiger partial charge is 0.312 e. The predicted molar refractivity (Wildman–Crippen MR) is 60.9 cm³/mol. The van der Waals surface area contributed by atoms with Crippen LogP contribution in [0.2, 0.25) is 0 Å². The van der Waals surface area contributed by atoms with E-state index in [4.69, 9.17) is 0 Å². The summed E-state index contributed by atoms with van der Waals surface area (Å²) in [5, 5.41) is 13.8. The normalized spacial score (nSPS) is 10.2. The first-order valence-corrected chi connectivity index (χ1v) is 4.67. The number of nitro groups is 1. The Morgan fingerprint density at radius 2 is 2.00 bits per heavy atom. The fourth-order valence-electron chi connectivity index (χ4n) is 0.896. The molecule has 0 radical (unpaired) electrons. The van der Waals surface area contributed by atoms with E-state index in [2.05, 4.69) is 9.99 Å². The second-order valence-corrected chi connectivity index (χ2v) is 3.33. The lowest BCUT2D eigenvalue weighted by atomic mass is 10.2. The molecule has 0 spiro atoms. The van der Waals surface area contributed by atoms with Crippen LogP contribution in [0.5, 0.6) is 0 Å². The lowest BCUT2D eigenvalue weighted by Crippen LogP contribution is -2.20. The van der Waals surface area contributed by atoms with E-state index in [1.807, 2.05) is 0 Å². The van der Waals surface area contributed by atoms with Gasteiger partial charge in [-0.05, 0) is 17.7 Å². The predicted octanol–water partition coefficient (Wildman–Crippen LogP) is 1.63. The van der Waals surface area contributed by atoms with E-state index in [-0.39, 0.29) is 5.69 Å². The number of non-ortho nitro benzene ring substituents is 1. The van der Waals surface area contributed by atoms with Crippen LogP contribution in [0.3, 0.4) is 0 Å². The average molecular weight is 237 g/mol. The molecule has 0 fully saturated rings. The van der Waals surface area contributed by atoms with E-state index in [1.54, 1.807) is 0 Å². The van der Waals surface area contributed by atoms with Gasteiger partial charge in [0.15, 0.2) is 0 Å². The Bertz CT molecular complexity index is 439. The van der Waals surface area contributed by atoms with Gasteiger partial charge in [0.05, 0.1) is 11.1 Å². The van der Waals surface area contributed by atoms with Gasteiger partial charge in [0, 0.05) is 26.2 Å². The van der Waals surface area contributed by atoms with Crippen LogP contribution in [0.15, 0.2) is 29.4 Å². The molecular weight excluding hydrogens is 226 g/mol. The number of carbonyl (C=O) groups is 1. The number of carbonyl (C=O) groups excluding carboxylic acids is 1. The van der Waals surface area contributed by atoms with Gasteiger partial charge in [-0.1, -0.05) is 5.16 Å². The summed E-state index contributed by atoms with van der Waals surface area (Å²) >= 11 is 0. The highest BCUT2D eigenvalue weighted by molar-refractivity contribution is 5.80. The molecule has 1 aromatic carbocycles. The molecule has 0 saturated carbocycles. The van der Waals surface area contributed by atoms with Crippen molar-refractivity contribution in [1.82, 2.24) is 4.90 Å². The van der Waals surface area contributed by atoms with Crippen LogP contribution in [0.1, 0.15) is 5.56 Å². The molecule has 0 N–H and O–H groups in total. The number of benzene rings is 1. The van der Waals surface area contributed by atoms with Crippen molar-refractivity contribution in [2.45, 2.75) is 0 Å². The maximum absolute atomic E-state index is 11.0. The van der Waals surface area contributed by atoms with Crippen molar-refractivity contribution in [1.29, 1.82) is 0 Å². The van der Waals surface area contributed by atoms with Gasteiger partial charge in [-0.15, -0.1) is 0 Å². The molecule has 90 valence electrons. The van der Waals surface area contributed by atoms with Gasteiger partial charge in [0.25, 0.3) is 5.69 Å². The number of oxime groups is 1. The number of rotatable bonds is 3. The van der Waals surface area contributed by atoms with Crippen molar-refractivity contribution in [3.8, 4) is 0 Å². The Morgan fingerprint density at radius 3 is 2.47 bits per heavy atom. The number of amides is 1. The van der Waals surface area contributed by atoms with E-state index in [0.29, 0.717) is 5.56 Å². The highest BCUT2D eigenvalue weighted by Gasteiger charge is 2.04. The second kappa shape index (κ2) is 5.59. The van der Waals surface area contributed by atoms with Crippen LogP contribution in [-0.4, -0.2) is 36.2 Å². The first-order chi connectivity index (χ1) is 8.00. The molecule has 17 heavy (non-hydrogen) atoms. The summed E-state index contributed by atoms with van der Waals surface area (Å²) in [7, 11) is 3.06. The van der Waals surface area contributed by atoms with Crippen molar-refractivity contribution in [2.24, 2.45) is 5.16 Å². The summed E-state index contributed by atoms with van der Waals surface area (Å²) in [5.41, 5.74) is 0.592. The molecule has 7 nitrogen and oxygen atoms in total. The van der Waals surface area contributed by atoms with Gasteiger partial charge >= 0.3 is 6.09 Å². The number of hydrogen-bond donors (Lipinski definition) is 0. The van der Waals surface area contributed by atoms with Crippen LogP contribution < -0.4 is 0 Å². The fraction of sp³-hybridized carbons (Fsp3) is 0.200. The Hall–Kier alpha value is -2.44. The molecular formula is C10H11N3O4. The van der Waals surface area contributed by atoms with Gasteiger partial charge in [-0.2, -0.15) is 0 Å². The van der Waals surface area contributed by atoms with Crippen LogP contribution in [0.4, 0.5) is 10.5 Å². The molecule has 0 saturated heterocycles. The molecule has 0 unspecified atom stereocenters. The van der Waals surface area contributed by atoms with Crippen LogP contribution in [0, 0.1) is 10.1 Å². The minimum absolute atomic E-state index is 0.00700. The van der Waals surface area contributed by atoms with Gasteiger partial charge < -0.3 is 4.90 Å². The van der Waals surface area contributed by atoms with Crippen molar-refractivity contribution in [3.63, 3.8) is 0 Å². The largest absolute Gasteiger partial charge is 0.435 e. The number of nitro benzene ring substituents is 1. The lowest BCUT2D eigenvalue weighted by Gasteiger charge is -2.05. The van der Waals surface area contributed by atoms with E-state index in [1.165, 1.54) is 49.5 Å². The first kappa shape index (κ1) is 12.6. The maximum atomic E-state index is 11.0. The topological polar surface area (TPSA) is 85.0 Å². The molecule has 1 aromatic rings. The summed E-state index contributed by atoms with van der Waals surface area (Å²) < 4.78 is 0. The zero-order chi connectivity index (χ0) is 12.8. The minimum Gasteiger partial charge on any atom is -0.312 e. The molecule has 0 aliphatic heterocycles. The van der Waals surface area contributed by atoms with Crippen LogP contribution >= 0.6 is 0 Å². The van der Waals surface area contributed by atoms with Crippen LogP contribution in [0.25, 0.3) is 0 Å². The first-order valence-electron chi connectivity index (χ1n) is 4.67. The molecule has 0 atom stereocenters. The third-order valence-electron chi connectivity index (χ3n) is 1.80. The third kappa shape index (κ3) is 3.90. The lowest BCUT2D eigenvalue weighted by molar-refractivity contribution is -0.384. The zero-order valence-corrected chi connectivity index (χ0v) is 9.36. The molecule has 0 aliphatic carbocycles. The Balaban J connectivity index is 2.60. The van der Waals surface area contributed by atoms with Gasteiger partial charge in [-0.25, -0.2) is 4.79 Å². The van der Waals surface area contributed by atoms with Crippen molar-refractivity contribution in [2.75, 3.05) is 14.1 Å². The summed E-state index contributed by atoms with van der Waals surface area (Å²) in [6.07, 6.45) is 0.702. The Kier molecular flexibility index (Phi) is 4.15. The Morgan fingerprint density at radius 1 is 1.41 bits per heavy atom. The summed E-state index contributed by atoms with van der Waals surface area (Å²) in [4.78, 5) is 26.6. The molecule has 0 aliphatic rings. The van der Waals surface area contributed by atoms with E-state index in [0.717, 1.165) is 0 Å². The van der Waals surface area contributed by atoms with Crippen molar-refractivity contribution >= 4 is 18.0 Å². The standard InChI is InChI=1S/C10H11N3O4/c1-12(2)10(14)17-11-7-8-3-5-9(6-4-8)13(15)16/h3-7H,1-2H3/b11-7+. The quantitative estimate of drug-likeness (QED) is 0.346. The van der Waals surface area contributed by atoms with Crippen molar-refractivity contribution in [3.05, 3.63) is 39.9 Å². The molecule has 0 aromatic heterocycles. The van der Waals surface area contributed by atoms with E-state index in [9.17, 15) is 14.9 Å². The summed E-state index contributed by atoms with van der Waals surface area (Å²) in [5.74, 6) is 0. The SMILES string of the molecule is CN(C)C(=O)O/N=C/c1ccc([N+](=O)[O-])cc1. The van der Waals surface area contributed by atoms with Gasteiger partial charge in [0.2, 0.25) is 0 Å². The highest BCUT2D eigenvalue weighted by Crippen LogP contribution is 2.10. The third-order valence-corrected chi connectivity index (χ3v) is 1.80. The average Bonchev–Trinajstić information content (AvgIpc) is 2.29. The summed E-state index contributed by atoms with van der Waals surface area (Å²) in [6, 6.07) is 5.69. The monoisotopic (exact) mass is 237 g/mol. The van der Waals surface area contributed by atoms with Crippen LogP contribution in [-0.2, 0) is 4.84 Å². The zero-order valence-electron chi connectivity index (χ0n) is 9.36. The minimum atomic E-state index is -0.594. The molecule has 0 heterocycles. The fourth-order valence-corrected chi connectivity index (χ4v) is 0.896. The second-order valence-electron chi connectivity index (χ2n) is 3.33. The molecule has 1 rings (SSSR count). The summed E-state index contributed by atoms with van der Waals surface area (Å²) in [6.45, 7) is 0. The van der Waals surface area contributed by atoms with Gasteiger partial charge in [0.1, 0.15) is 0 Å². The molecule has 1 amide bonds. The number of hydrogen-bond acceptors (Lipinski definition) is 5.